The normalized spacial score (nSPS) is 12.3. The van der Waals surface area contributed by atoms with Gasteiger partial charge in [0.05, 0.1) is 27.2 Å². The molecule has 33 heavy (non-hydrogen) atoms. The molecular formula is C21H17F3N4O3S2. The minimum atomic E-state index is -4.58. The lowest BCUT2D eigenvalue weighted by Gasteiger charge is -2.20. The average molecular weight is 495 g/mol. The number of hydrogen-bond donors (Lipinski definition) is 0. The summed E-state index contributed by atoms with van der Waals surface area (Å²) in [5.41, 5.74) is 0.672. The monoisotopic (exact) mass is 494 g/mol. The Balaban J connectivity index is 1.72. The second-order valence-electron chi connectivity index (χ2n) is 7.36. The minimum absolute atomic E-state index is 0.0342. The highest BCUT2D eigenvalue weighted by Gasteiger charge is 2.35. The SMILES string of the molecule is Cc1ccc2cc(N(C(=O)c3ccc(-c4cc(C(F)(F)F)n(C)n4)s3)S(C)(=O)=O)ccc2n1. The number of carbonyl (C=O) groups is 1. The van der Waals surface area contributed by atoms with E-state index >= 15 is 0 Å². The summed E-state index contributed by atoms with van der Waals surface area (Å²) in [6.07, 6.45) is -3.67. The van der Waals surface area contributed by atoms with E-state index in [1.807, 2.05) is 6.92 Å². The van der Waals surface area contributed by atoms with Crippen molar-refractivity contribution in [2.45, 2.75) is 13.1 Å². The second-order valence-corrected chi connectivity index (χ2v) is 10.3. The Morgan fingerprint density at radius 3 is 2.45 bits per heavy atom. The summed E-state index contributed by atoms with van der Waals surface area (Å²) in [5.74, 6) is -0.819. The van der Waals surface area contributed by atoms with E-state index in [0.29, 0.717) is 24.8 Å². The van der Waals surface area contributed by atoms with Crippen LogP contribution >= 0.6 is 11.3 Å². The van der Waals surface area contributed by atoms with E-state index in [1.54, 1.807) is 24.3 Å². The lowest BCUT2D eigenvalue weighted by Crippen LogP contribution is -2.35. The number of thiophene rings is 1. The molecular weight excluding hydrogens is 477 g/mol. The van der Waals surface area contributed by atoms with Crippen molar-refractivity contribution in [1.29, 1.82) is 0 Å². The van der Waals surface area contributed by atoms with Crippen molar-refractivity contribution in [1.82, 2.24) is 14.8 Å². The summed E-state index contributed by atoms with van der Waals surface area (Å²) < 4.78 is 65.7. The van der Waals surface area contributed by atoms with Crippen LogP contribution in [0.25, 0.3) is 21.5 Å². The smallest absolute Gasteiger partial charge is 0.267 e. The van der Waals surface area contributed by atoms with Crippen molar-refractivity contribution in [2.75, 3.05) is 10.6 Å². The fourth-order valence-electron chi connectivity index (χ4n) is 3.34. The molecule has 0 spiro atoms. The summed E-state index contributed by atoms with van der Waals surface area (Å²) in [6, 6.07) is 11.9. The number of rotatable bonds is 4. The molecule has 0 aliphatic heterocycles. The zero-order chi connectivity index (χ0) is 24.1. The molecule has 0 unspecified atom stereocenters. The maximum Gasteiger partial charge on any atom is 0.433 e. The van der Waals surface area contributed by atoms with Crippen LogP contribution in [0.3, 0.4) is 0 Å². The largest absolute Gasteiger partial charge is 0.433 e. The number of pyridine rings is 1. The van der Waals surface area contributed by atoms with Crippen LogP contribution in [0.15, 0.2) is 48.5 Å². The van der Waals surface area contributed by atoms with Gasteiger partial charge in [-0.2, -0.15) is 18.3 Å². The molecule has 172 valence electrons. The maximum absolute atomic E-state index is 13.2. The standard InChI is InChI=1S/C21H17F3N4O3S2/c1-12-4-5-13-10-14(6-7-15(13)25-12)28(33(3,30)31)20(29)18-9-8-17(32-18)16-11-19(21(22,23)24)27(2)26-16/h4-11H,1-3H3. The van der Waals surface area contributed by atoms with E-state index in [-0.39, 0.29) is 16.3 Å². The highest BCUT2D eigenvalue weighted by atomic mass is 32.2. The van der Waals surface area contributed by atoms with E-state index in [2.05, 4.69) is 10.1 Å². The molecule has 4 aromatic rings. The molecule has 1 aromatic carbocycles. The van der Waals surface area contributed by atoms with Crippen LogP contribution in [0.4, 0.5) is 18.9 Å². The van der Waals surface area contributed by atoms with Gasteiger partial charge in [0.25, 0.3) is 5.91 Å². The van der Waals surface area contributed by atoms with Crippen molar-refractivity contribution in [3.63, 3.8) is 0 Å². The molecule has 0 fully saturated rings. The fourth-order valence-corrected chi connectivity index (χ4v) is 5.19. The van der Waals surface area contributed by atoms with E-state index < -0.39 is 27.8 Å². The number of alkyl halides is 3. The first-order valence-corrected chi connectivity index (χ1v) is 12.1. The maximum atomic E-state index is 13.2. The zero-order valence-electron chi connectivity index (χ0n) is 17.6. The van der Waals surface area contributed by atoms with Crippen molar-refractivity contribution >= 4 is 43.9 Å². The van der Waals surface area contributed by atoms with E-state index in [4.69, 9.17) is 0 Å². The molecule has 0 radical (unpaired) electrons. The third-order valence-electron chi connectivity index (χ3n) is 4.80. The van der Waals surface area contributed by atoms with Crippen molar-refractivity contribution in [3.8, 4) is 10.6 Å². The summed E-state index contributed by atoms with van der Waals surface area (Å²) in [7, 11) is -2.84. The Morgan fingerprint density at radius 1 is 1.09 bits per heavy atom. The first kappa shape index (κ1) is 22.9. The zero-order valence-corrected chi connectivity index (χ0v) is 19.2. The van der Waals surface area contributed by atoms with Crippen molar-refractivity contribution in [2.24, 2.45) is 7.05 Å². The first-order valence-electron chi connectivity index (χ1n) is 9.48. The number of benzene rings is 1. The predicted molar refractivity (Wildman–Crippen MR) is 120 cm³/mol. The highest BCUT2D eigenvalue weighted by molar-refractivity contribution is 7.92. The Kier molecular flexibility index (Phi) is 5.53. The number of nitrogens with zero attached hydrogens (tertiary/aromatic N) is 4. The molecule has 0 N–H and O–H groups in total. The molecule has 3 heterocycles. The number of carbonyl (C=O) groups excluding carboxylic acids is 1. The van der Waals surface area contributed by atoms with Crippen molar-refractivity contribution < 1.29 is 26.4 Å². The highest BCUT2D eigenvalue weighted by Crippen LogP contribution is 2.35. The Labute approximate surface area is 191 Å². The van der Waals surface area contributed by atoms with Gasteiger partial charge < -0.3 is 0 Å². The lowest BCUT2D eigenvalue weighted by molar-refractivity contribution is -0.143. The Morgan fingerprint density at radius 2 is 1.82 bits per heavy atom. The molecule has 12 heteroatoms. The van der Waals surface area contributed by atoms with Crippen molar-refractivity contribution in [3.05, 3.63) is 64.8 Å². The van der Waals surface area contributed by atoms with Crippen LogP contribution in [0.1, 0.15) is 21.1 Å². The van der Waals surface area contributed by atoms with Gasteiger partial charge in [-0.3, -0.25) is 14.5 Å². The summed E-state index contributed by atoms with van der Waals surface area (Å²) >= 11 is 0.860. The molecule has 1 amide bonds. The molecule has 4 rings (SSSR count). The fraction of sp³-hybridized carbons (Fsp3) is 0.190. The van der Waals surface area contributed by atoms with E-state index in [0.717, 1.165) is 29.4 Å². The Hall–Kier alpha value is -3.25. The van der Waals surface area contributed by atoms with Crippen LogP contribution in [0.2, 0.25) is 0 Å². The van der Waals surface area contributed by atoms with Crippen LogP contribution in [-0.4, -0.2) is 35.3 Å². The van der Waals surface area contributed by atoms with Gasteiger partial charge in [0.15, 0.2) is 0 Å². The molecule has 0 aliphatic rings. The number of sulfonamides is 1. The summed E-state index contributed by atoms with van der Waals surface area (Å²) in [4.78, 5) is 17.9. The average Bonchev–Trinajstić information content (AvgIpc) is 3.33. The molecule has 0 aliphatic carbocycles. The lowest BCUT2D eigenvalue weighted by atomic mass is 10.2. The van der Waals surface area contributed by atoms with Crippen LogP contribution in [0.5, 0.6) is 0 Å². The van der Waals surface area contributed by atoms with Crippen LogP contribution in [-0.2, 0) is 23.2 Å². The number of anilines is 1. The topological polar surface area (TPSA) is 85.2 Å². The van der Waals surface area contributed by atoms with Gasteiger partial charge in [-0.05, 0) is 49.4 Å². The number of halogens is 3. The molecule has 0 bridgehead atoms. The van der Waals surface area contributed by atoms with Crippen LogP contribution in [0, 0.1) is 6.92 Å². The third-order valence-corrected chi connectivity index (χ3v) is 6.94. The van der Waals surface area contributed by atoms with Gasteiger partial charge in [-0.15, -0.1) is 11.3 Å². The summed E-state index contributed by atoms with van der Waals surface area (Å²) in [6.45, 7) is 1.83. The number of hydrogen-bond acceptors (Lipinski definition) is 6. The van der Waals surface area contributed by atoms with Gasteiger partial charge in [-0.25, -0.2) is 12.7 Å². The molecule has 0 saturated heterocycles. The van der Waals surface area contributed by atoms with Gasteiger partial charge >= 0.3 is 6.18 Å². The van der Waals surface area contributed by atoms with Crippen LogP contribution < -0.4 is 4.31 Å². The quantitative estimate of drug-likeness (QED) is 0.413. The number of aromatic nitrogens is 3. The molecule has 7 nitrogen and oxygen atoms in total. The molecule has 3 aromatic heterocycles. The number of fused-ring (bicyclic) bond motifs is 1. The third kappa shape index (κ3) is 4.48. The van der Waals surface area contributed by atoms with E-state index in [1.165, 1.54) is 25.2 Å². The van der Waals surface area contributed by atoms with Gasteiger partial charge in [0.2, 0.25) is 10.0 Å². The molecule has 0 saturated carbocycles. The summed E-state index contributed by atoms with van der Waals surface area (Å²) in [5, 5.41) is 4.52. The van der Waals surface area contributed by atoms with Gasteiger partial charge in [0, 0.05) is 18.1 Å². The minimum Gasteiger partial charge on any atom is -0.267 e. The second kappa shape index (κ2) is 7.96. The predicted octanol–water partition coefficient (Wildman–Crippen LogP) is 4.63. The number of amides is 1. The molecule has 0 atom stereocenters. The van der Waals surface area contributed by atoms with Gasteiger partial charge in [-0.1, -0.05) is 6.07 Å². The van der Waals surface area contributed by atoms with Gasteiger partial charge in [0.1, 0.15) is 11.4 Å². The number of aryl methyl sites for hydroxylation is 2. The van der Waals surface area contributed by atoms with E-state index in [9.17, 15) is 26.4 Å². The first-order chi connectivity index (χ1) is 15.3. The Bertz CT molecular complexity index is 1490.